The molecule has 4 aromatic rings. The third kappa shape index (κ3) is 5.46. The summed E-state index contributed by atoms with van der Waals surface area (Å²) in [4.78, 5) is 43.8. The van der Waals surface area contributed by atoms with Gasteiger partial charge in [0.1, 0.15) is 0 Å². The van der Waals surface area contributed by atoms with Gasteiger partial charge in [-0.2, -0.15) is 0 Å². The maximum Gasteiger partial charge on any atom is 0.338 e. The highest BCUT2D eigenvalue weighted by Gasteiger charge is 2.34. The third-order valence-electron chi connectivity index (χ3n) is 7.45. The van der Waals surface area contributed by atoms with E-state index < -0.39 is 18.0 Å². The quantitative estimate of drug-likeness (QED) is 0.279. The lowest BCUT2D eigenvalue weighted by Crippen LogP contribution is -2.40. The van der Waals surface area contributed by atoms with Crippen molar-refractivity contribution in [1.82, 2.24) is 9.13 Å². The highest BCUT2D eigenvalue weighted by Crippen LogP contribution is 2.36. The molecule has 0 saturated heterocycles. The second-order valence-corrected chi connectivity index (χ2v) is 11.2. The van der Waals surface area contributed by atoms with Gasteiger partial charge in [-0.05, 0) is 94.3 Å². The Balaban J connectivity index is 1.67. The molecule has 2 aromatic carbocycles. The number of aryl methyl sites for hydroxylation is 1. The van der Waals surface area contributed by atoms with E-state index in [1.54, 1.807) is 57.4 Å². The van der Waals surface area contributed by atoms with Crippen LogP contribution in [0.4, 0.5) is 0 Å². The molecular formula is C33H33N3O7S. The first kappa shape index (κ1) is 30.6. The van der Waals surface area contributed by atoms with E-state index in [4.69, 9.17) is 14.2 Å². The number of ether oxygens (including phenoxy) is 3. The summed E-state index contributed by atoms with van der Waals surface area (Å²) in [5.41, 5.74) is 4.76. The van der Waals surface area contributed by atoms with Crippen molar-refractivity contribution in [2.24, 2.45) is 4.99 Å². The number of hydrogen-bond acceptors (Lipinski definition) is 8. The number of carbonyl (C=O) groups is 2. The van der Waals surface area contributed by atoms with Crippen LogP contribution >= 0.6 is 11.3 Å². The molecule has 0 fully saturated rings. The van der Waals surface area contributed by atoms with E-state index in [0.717, 1.165) is 22.6 Å². The molecule has 1 atom stereocenters. The SMILES string of the molecule is CCOC(=O)C1=C(C)N=c2s/c(=C/c3cc(C)n(-c4ccc(C(=O)O)cc4)c3C)c(=O)n2C1c1ccc(OC)c(OCC)c1. The van der Waals surface area contributed by atoms with E-state index in [-0.39, 0.29) is 23.3 Å². The second-order valence-electron chi connectivity index (χ2n) is 10.2. The van der Waals surface area contributed by atoms with Gasteiger partial charge in [0.2, 0.25) is 0 Å². The molecule has 1 aliphatic rings. The van der Waals surface area contributed by atoms with Crippen LogP contribution in [0.15, 0.2) is 69.6 Å². The number of thiazole rings is 1. The third-order valence-corrected chi connectivity index (χ3v) is 8.43. The smallest absolute Gasteiger partial charge is 0.338 e. The van der Waals surface area contributed by atoms with Crippen molar-refractivity contribution in [2.45, 2.75) is 40.7 Å². The van der Waals surface area contributed by atoms with Crippen LogP contribution in [-0.4, -0.2) is 46.5 Å². The van der Waals surface area contributed by atoms with E-state index >= 15 is 0 Å². The number of carboxylic acid groups (broad SMARTS) is 1. The van der Waals surface area contributed by atoms with Crippen LogP contribution < -0.4 is 24.4 Å². The molecule has 0 amide bonds. The normalized spacial score (nSPS) is 14.7. The predicted octanol–water partition coefficient (Wildman–Crippen LogP) is 4.31. The van der Waals surface area contributed by atoms with Gasteiger partial charge < -0.3 is 23.9 Å². The van der Waals surface area contributed by atoms with Crippen molar-refractivity contribution in [3.63, 3.8) is 0 Å². The monoisotopic (exact) mass is 615 g/mol. The van der Waals surface area contributed by atoms with Crippen molar-refractivity contribution >= 4 is 29.4 Å². The zero-order chi connectivity index (χ0) is 31.7. The lowest BCUT2D eigenvalue weighted by atomic mass is 9.95. The molecule has 0 spiro atoms. The molecule has 11 heteroatoms. The van der Waals surface area contributed by atoms with E-state index in [2.05, 4.69) is 4.99 Å². The van der Waals surface area contributed by atoms with Crippen LogP contribution in [0, 0.1) is 13.8 Å². The Labute approximate surface area is 257 Å². The molecular weight excluding hydrogens is 582 g/mol. The summed E-state index contributed by atoms with van der Waals surface area (Å²) in [6.07, 6.45) is 1.83. The van der Waals surface area contributed by atoms with Gasteiger partial charge >= 0.3 is 11.9 Å². The lowest BCUT2D eigenvalue weighted by Gasteiger charge is -2.25. The topological polar surface area (TPSA) is 121 Å². The summed E-state index contributed by atoms with van der Waals surface area (Å²) in [5.74, 6) is -0.498. The highest BCUT2D eigenvalue weighted by atomic mass is 32.1. The molecule has 10 nitrogen and oxygen atoms in total. The largest absolute Gasteiger partial charge is 0.493 e. The van der Waals surface area contributed by atoms with Crippen LogP contribution in [0.2, 0.25) is 0 Å². The number of allylic oxidation sites excluding steroid dienone is 1. The average Bonchev–Trinajstić information content (AvgIpc) is 3.45. The maximum absolute atomic E-state index is 14.1. The summed E-state index contributed by atoms with van der Waals surface area (Å²) in [6, 6.07) is 13.2. The number of benzene rings is 2. The van der Waals surface area contributed by atoms with Gasteiger partial charge in [0.25, 0.3) is 5.56 Å². The lowest BCUT2D eigenvalue weighted by molar-refractivity contribution is -0.139. The van der Waals surface area contributed by atoms with Crippen molar-refractivity contribution in [3.8, 4) is 17.2 Å². The average molecular weight is 616 g/mol. The molecule has 0 saturated carbocycles. The summed E-state index contributed by atoms with van der Waals surface area (Å²) in [5, 5.41) is 9.27. The number of aromatic nitrogens is 2. The van der Waals surface area contributed by atoms with Crippen LogP contribution in [0.5, 0.6) is 11.5 Å². The molecule has 2 aromatic heterocycles. The van der Waals surface area contributed by atoms with Crippen molar-refractivity contribution in [3.05, 3.63) is 108 Å². The first-order valence-electron chi connectivity index (χ1n) is 14.1. The number of aromatic carboxylic acids is 1. The minimum absolute atomic E-state index is 0.175. The molecule has 228 valence electrons. The molecule has 5 rings (SSSR count). The number of fused-ring (bicyclic) bond motifs is 1. The van der Waals surface area contributed by atoms with Gasteiger partial charge in [-0.3, -0.25) is 9.36 Å². The van der Waals surface area contributed by atoms with Crippen LogP contribution in [0.1, 0.15) is 59.7 Å². The van der Waals surface area contributed by atoms with Gasteiger partial charge in [0.15, 0.2) is 16.3 Å². The molecule has 1 aliphatic heterocycles. The van der Waals surface area contributed by atoms with Gasteiger partial charge in [-0.15, -0.1) is 0 Å². The second kappa shape index (κ2) is 12.4. The minimum atomic E-state index is -0.989. The van der Waals surface area contributed by atoms with Gasteiger partial charge in [0.05, 0.1) is 47.7 Å². The molecule has 44 heavy (non-hydrogen) atoms. The van der Waals surface area contributed by atoms with Crippen LogP contribution in [0.25, 0.3) is 11.8 Å². The maximum atomic E-state index is 14.1. The van der Waals surface area contributed by atoms with E-state index in [1.807, 2.05) is 43.5 Å². The zero-order valence-electron chi connectivity index (χ0n) is 25.3. The number of hydrogen-bond donors (Lipinski definition) is 1. The number of methoxy groups -OCH3 is 1. The Morgan fingerprint density at radius 3 is 2.39 bits per heavy atom. The fourth-order valence-electron chi connectivity index (χ4n) is 5.46. The van der Waals surface area contributed by atoms with Gasteiger partial charge in [-0.25, -0.2) is 14.6 Å². The molecule has 0 radical (unpaired) electrons. The number of carbonyl (C=O) groups excluding carboxylic acids is 1. The molecule has 3 heterocycles. The minimum Gasteiger partial charge on any atom is -0.493 e. The summed E-state index contributed by atoms with van der Waals surface area (Å²) < 4.78 is 20.7. The number of nitrogens with zero attached hydrogens (tertiary/aromatic N) is 3. The number of rotatable bonds is 9. The number of carboxylic acids is 1. The van der Waals surface area contributed by atoms with Crippen molar-refractivity contribution in [2.75, 3.05) is 20.3 Å². The van der Waals surface area contributed by atoms with E-state index in [9.17, 15) is 19.5 Å². The van der Waals surface area contributed by atoms with Crippen LogP contribution in [-0.2, 0) is 9.53 Å². The standard InChI is InChI=1S/C33H33N3O7S/c1-7-42-26-16-22(11-14-25(26)41-6)29-28(32(40)43-8-2)19(4)34-33-36(29)30(37)27(44-33)17-23-15-18(3)35(20(23)5)24-12-9-21(10-13-24)31(38)39/h9-17,29H,7-8H2,1-6H3,(H,38,39)/b27-17+. The zero-order valence-corrected chi connectivity index (χ0v) is 26.2. The molecule has 0 bridgehead atoms. The molecule has 0 aliphatic carbocycles. The Kier molecular flexibility index (Phi) is 8.59. The van der Waals surface area contributed by atoms with Crippen molar-refractivity contribution < 1.29 is 28.9 Å². The molecule has 1 N–H and O–H groups in total. The van der Waals surface area contributed by atoms with Crippen LogP contribution in [0.3, 0.4) is 0 Å². The number of esters is 1. The summed E-state index contributed by atoms with van der Waals surface area (Å²) in [6.45, 7) is 9.82. The Morgan fingerprint density at radius 2 is 1.75 bits per heavy atom. The van der Waals surface area contributed by atoms with Gasteiger partial charge in [-0.1, -0.05) is 17.4 Å². The Hall–Kier alpha value is -4.90. The van der Waals surface area contributed by atoms with Crippen molar-refractivity contribution in [1.29, 1.82) is 0 Å². The fraction of sp³-hybridized carbons (Fsp3) is 0.273. The van der Waals surface area contributed by atoms with E-state index in [1.165, 1.54) is 15.9 Å². The summed E-state index contributed by atoms with van der Waals surface area (Å²) in [7, 11) is 1.55. The highest BCUT2D eigenvalue weighted by molar-refractivity contribution is 7.07. The molecule has 1 unspecified atom stereocenters. The first-order valence-corrected chi connectivity index (χ1v) is 14.9. The fourth-order valence-corrected chi connectivity index (χ4v) is 6.50. The predicted molar refractivity (Wildman–Crippen MR) is 167 cm³/mol. The Bertz CT molecular complexity index is 1980. The van der Waals surface area contributed by atoms with Gasteiger partial charge in [0, 0.05) is 17.1 Å². The Morgan fingerprint density at radius 1 is 1.02 bits per heavy atom. The van der Waals surface area contributed by atoms with E-state index in [0.29, 0.717) is 38.7 Å². The first-order chi connectivity index (χ1) is 21.1. The summed E-state index contributed by atoms with van der Waals surface area (Å²) >= 11 is 1.24.